The van der Waals surface area contributed by atoms with Crippen LogP contribution < -0.4 is 5.32 Å². The van der Waals surface area contributed by atoms with Gasteiger partial charge >= 0.3 is 0 Å². The van der Waals surface area contributed by atoms with Gasteiger partial charge in [-0.25, -0.2) is 4.98 Å². The minimum Gasteiger partial charge on any atom is -0.328 e. The maximum absolute atomic E-state index is 4.93. The van der Waals surface area contributed by atoms with Crippen LogP contribution in [0.25, 0.3) is 11.4 Å². The van der Waals surface area contributed by atoms with Crippen LogP contribution in [0.1, 0.15) is 29.8 Å². The van der Waals surface area contributed by atoms with E-state index in [0.29, 0.717) is 0 Å². The Kier molecular flexibility index (Phi) is 3.94. The number of rotatable bonds is 3. The first-order valence-corrected chi connectivity index (χ1v) is 7.99. The van der Waals surface area contributed by atoms with E-state index in [1.54, 1.807) is 0 Å². The van der Waals surface area contributed by atoms with Crippen LogP contribution in [0.3, 0.4) is 0 Å². The maximum Gasteiger partial charge on any atom is 0.140 e. The number of hydrogen-bond acceptors (Lipinski definition) is 2. The van der Waals surface area contributed by atoms with E-state index in [1.807, 2.05) is 7.05 Å². The number of aromatic nitrogens is 2. The molecule has 4 heteroatoms. The van der Waals surface area contributed by atoms with E-state index in [9.17, 15) is 0 Å². The first-order chi connectivity index (χ1) is 9.70. The monoisotopic (exact) mass is 333 g/mol. The lowest BCUT2D eigenvalue weighted by Gasteiger charge is -2.18. The minimum atomic E-state index is 0.850. The number of imidazole rings is 1. The Balaban J connectivity index is 2.15. The third kappa shape index (κ3) is 2.42. The average Bonchev–Trinajstić information content (AvgIpc) is 2.81. The van der Waals surface area contributed by atoms with E-state index in [0.717, 1.165) is 29.8 Å². The van der Waals surface area contributed by atoms with E-state index >= 15 is 0 Å². The summed E-state index contributed by atoms with van der Waals surface area (Å²) in [5, 5.41) is 3.24. The summed E-state index contributed by atoms with van der Waals surface area (Å²) in [5.74, 6) is 1.13. The molecule has 1 aromatic heterocycles. The van der Waals surface area contributed by atoms with Gasteiger partial charge in [0.05, 0.1) is 5.69 Å². The minimum absolute atomic E-state index is 0.850. The van der Waals surface area contributed by atoms with Crippen LogP contribution in [-0.4, -0.2) is 16.6 Å². The van der Waals surface area contributed by atoms with Crippen LogP contribution in [0, 0.1) is 6.92 Å². The fraction of sp³-hybridized carbons (Fsp3) is 0.438. The van der Waals surface area contributed by atoms with E-state index in [1.165, 1.54) is 35.4 Å². The molecule has 0 saturated heterocycles. The van der Waals surface area contributed by atoms with Crippen molar-refractivity contribution < 1.29 is 0 Å². The van der Waals surface area contributed by atoms with Gasteiger partial charge in [0.15, 0.2) is 0 Å². The number of halogens is 1. The van der Waals surface area contributed by atoms with Crippen molar-refractivity contribution in [2.45, 2.75) is 39.3 Å². The molecule has 106 valence electrons. The van der Waals surface area contributed by atoms with Gasteiger partial charge in [-0.1, -0.05) is 22.0 Å². The Bertz CT molecular complexity index is 631. The van der Waals surface area contributed by atoms with Gasteiger partial charge in [-0.3, -0.25) is 0 Å². The second kappa shape index (κ2) is 5.70. The van der Waals surface area contributed by atoms with Crippen LogP contribution in [0.15, 0.2) is 22.7 Å². The van der Waals surface area contributed by atoms with Crippen LogP contribution in [0.4, 0.5) is 0 Å². The first-order valence-electron chi connectivity index (χ1n) is 7.20. The number of fused-ring (bicyclic) bond motifs is 1. The van der Waals surface area contributed by atoms with Gasteiger partial charge in [0, 0.05) is 28.8 Å². The molecule has 1 aliphatic heterocycles. The molecule has 2 aromatic rings. The Morgan fingerprint density at radius 2 is 2.20 bits per heavy atom. The van der Waals surface area contributed by atoms with Crippen LogP contribution >= 0.6 is 15.9 Å². The molecule has 0 saturated carbocycles. The number of aryl methyl sites for hydroxylation is 1. The Hall–Kier alpha value is -1.13. The molecule has 0 aliphatic carbocycles. The van der Waals surface area contributed by atoms with Gasteiger partial charge in [-0.15, -0.1) is 0 Å². The lowest BCUT2D eigenvalue weighted by Crippen LogP contribution is -2.14. The van der Waals surface area contributed by atoms with E-state index in [2.05, 4.69) is 50.9 Å². The van der Waals surface area contributed by atoms with Crippen molar-refractivity contribution in [2.24, 2.45) is 0 Å². The lowest BCUT2D eigenvalue weighted by molar-refractivity contribution is 0.531. The average molecular weight is 334 g/mol. The van der Waals surface area contributed by atoms with E-state index in [4.69, 9.17) is 4.98 Å². The maximum atomic E-state index is 4.93. The van der Waals surface area contributed by atoms with Gasteiger partial charge in [0.2, 0.25) is 0 Å². The lowest BCUT2D eigenvalue weighted by atomic mass is 10.1. The molecule has 1 aliphatic rings. The molecule has 0 fully saturated rings. The SMILES string of the molecule is CNCc1nc(-c2cc(Br)ccc2C)n2c1CCCC2. The quantitative estimate of drug-likeness (QED) is 0.928. The van der Waals surface area contributed by atoms with Gasteiger partial charge < -0.3 is 9.88 Å². The van der Waals surface area contributed by atoms with Gasteiger partial charge in [-0.05, 0) is 50.9 Å². The summed E-state index contributed by atoms with van der Waals surface area (Å²) < 4.78 is 3.53. The molecule has 1 aromatic carbocycles. The topological polar surface area (TPSA) is 29.9 Å². The van der Waals surface area contributed by atoms with Gasteiger partial charge in [0.1, 0.15) is 5.82 Å². The molecular weight excluding hydrogens is 314 g/mol. The Morgan fingerprint density at radius 3 is 3.00 bits per heavy atom. The second-order valence-electron chi connectivity index (χ2n) is 5.43. The number of nitrogens with one attached hydrogen (secondary N) is 1. The highest BCUT2D eigenvalue weighted by molar-refractivity contribution is 9.10. The highest BCUT2D eigenvalue weighted by atomic mass is 79.9. The molecule has 3 nitrogen and oxygen atoms in total. The molecule has 0 amide bonds. The number of benzene rings is 1. The number of nitrogens with zero attached hydrogens (tertiary/aromatic N) is 2. The van der Waals surface area contributed by atoms with Crippen LogP contribution in [-0.2, 0) is 19.5 Å². The zero-order valence-electron chi connectivity index (χ0n) is 12.0. The summed E-state index contributed by atoms with van der Waals surface area (Å²) in [5.41, 5.74) is 5.15. The van der Waals surface area contributed by atoms with Crippen LogP contribution in [0.5, 0.6) is 0 Å². The summed E-state index contributed by atoms with van der Waals surface area (Å²) in [6, 6.07) is 6.43. The number of hydrogen-bond donors (Lipinski definition) is 1. The zero-order valence-corrected chi connectivity index (χ0v) is 13.6. The van der Waals surface area contributed by atoms with Crippen molar-refractivity contribution in [1.29, 1.82) is 0 Å². The van der Waals surface area contributed by atoms with Crippen molar-refractivity contribution in [3.05, 3.63) is 39.6 Å². The van der Waals surface area contributed by atoms with Crippen molar-refractivity contribution in [2.75, 3.05) is 7.05 Å². The molecule has 1 N–H and O–H groups in total. The molecule has 20 heavy (non-hydrogen) atoms. The van der Waals surface area contributed by atoms with E-state index in [-0.39, 0.29) is 0 Å². The van der Waals surface area contributed by atoms with Crippen molar-refractivity contribution in [1.82, 2.24) is 14.9 Å². The summed E-state index contributed by atoms with van der Waals surface area (Å²) in [6.45, 7) is 4.10. The molecule has 0 radical (unpaired) electrons. The third-order valence-corrected chi connectivity index (χ3v) is 4.48. The molecule has 3 rings (SSSR count). The predicted molar refractivity (Wildman–Crippen MR) is 85.8 cm³/mol. The summed E-state index contributed by atoms with van der Waals surface area (Å²) in [6.07, 6.45) is 3.68. The first kappa shape index (κ1) is 13.8. The van der Waals surface area contributed by atoms with Crippen molar-refractivity contribution in [3.63, 3.8) is 0 Å². The third-order valence-electron chi connectivity index (χ3n) is 3.99. The smallest absolute Gasteiger partial charge is 0.140 e. The molecule has 0 spiro atoms. The van der Waals surface area contributed by atoms with Gasteiger partial charge in [-0.2, -0.15) is 0 Å². The van der Waals surface area contributed by atoms with Crippen molar-refractivity contribution in [3.8, 4) is 11.4 Å². The summed E-state index contributed by atoms with van der Waals surface area (Å²) in [7, 11) is 1.98. The fourth-order valence-corrected chi connectivity index (χ4v) is 3.33. The molecule has 0 unspecified atom stereocenters. The summed E-state index contributed by atoms with van der Waals surface area (Å²) >= 11 is 3.58. The molecule has 0 bridgehead atoms. The predicted octanol–water partition coefficient (Wildman–Crippen LogP) is 3.68. The van der Waals surface area contributed by atoms with E-state index < -0.39 is 0 Å². The molecule has 2 heterocycles. The summed E-state index contributed by atoms with van der Waals surface area (Å²) in [4.78, 5) is 4.93. The van der Waals surface area contributed by atoms with Crippen molar-refractivity contribution >= 4 is 15.9 Å². The Morgan fingerprint density at radius 1 is 1.35 bits per heavy atom. The Labute approximate surface area is 128 Å². The molecule has 0 atom stereocenters. The standard InChI is InChI=1S/C16H20BrN3/c1-11-6-7-12(17)9-13(11)16-19-14(10-18-2)15-5-3-4-8-20(15)16/h6-7,9,18H,3-5,8,10H2,1-2H3. The normalized spacial score (nSPS) is 14.3. The fourth-order valence-electron chi connectivity index (χ4n) is 2.97. The van der Waals surface area contributed by atoms with Crippen LogP contribution in [0.2, 0.25) is 0 Å². The van der Waals surface area contributed by atoms with Gasteiger partial charge in [0.25, 0.3) is 0 Å². The highest BCUT2D eigenvalue weighted by Crippen LogP contribution is 2.31. The molecular formula is C16H20BrN3. The zero-order chi connectivity index (χ0) is 14.1. The largest absolute Gasteiger partial charge is 0.328 e. The second-order valence-corrected chi connectivity index (χ2v) is 6.34. The highest BCUT2D eigenvalue weighted by Gasteiger charge is 2.21.